The number of nitrogens with two attached hydrogens (primary N) is 1. The number of hydrogen-bond acceptors (Lipinski definition) is 4. The Morgan fingerprint density at radius 2 is 2.12 bits per heavy atom. The number of anilines is 2. The smallest absolute Gasteiger partial charge is 0.125 e. The van der Waals surface area contributed by atoms with Crippen LogP contribution >= 0.6 is 0 Å². The van der Waals surface area contributed by atoms with Gasteiger partial charge in [0.15, 0.2) is 0 Å². The molecule has 0 aliphatic rings. The van der Waals surface area contributed by atoms with E-state index >= 15 is 0 Å². The fourth-order valence-electron chi connectivity index (χ4n) is 1.78. The Kier molecular flexibility index (Phi) is 5.05. The highest BCUT2D eigenvalue weighted by Gasteiger charge is 2.14. The molecule has 0 spiro atoms. The van der Waals surface area contributed by atoms with Crippen LogP contribution in [0.15, 0.2) is 18.3 Å². The molecule has 0 bridgehead atoms. The van der Waals surface area contributed by atoms with E-state index < -0.39 is 0 Å². The standard InChI is InChI=1S/C12H21N3O/c1-3-9(4-2)11(16)8-15-10-5-6-14-12(13)7-10/h5-7,9,11,16H,3-4,8H2,1-2H3,(H3,13,14,15). The largest absolute Gasteiger partial charge is 0.391 e. The van der Waals surface area contributed by atoms with Crippen LogP contribution in [0.4, 0.5) is 11.5 Å². The highest BCUT2D eigenvalue weighted by molar-refractivity contribution is 5.49. The highest BCUT2D eigenvalue weighted by atomic mass is 16.3. The molecule has 0 amide bonds. The molecule has 0 radical (unpaired) electrons. The van der Waals surface area contributed by atoms with Crippen molar-refractivity contribution in [3.63, 3.8) is 0 Å². The lowest BCUT2D eigenvalue weighted by Gasteiger charge is -2.20. The zero-order valence-corrected chi connectivity index (χ0v) is 9.98. The SMILES string of the molecule is CCC(CC)C(O)CNc1ccnc(N)c1. The number of hydrogen-bond donors (Lipinski definition) is 3. The van der Waals surface area contributed by atoms with Gasteiger partial charge in [-0.2, -0.15) is 0 Å². The first-order chi connectivity index (χ1) is 7.67. The van der Waals surface area contributed by atoms with Crippen LogP contribution in [0.3, 0.4) is 0 Å². The van der Waals surface area contributed by atoms with E-state index in [1.54, 1.807) is 12.3 Å². The number of aliphatic hydroxyl groups is 1. The number of nitrogens with zero attached hydrogens (tertiary/aromatic N) is 1. The van der Waals surface area contributed by atoms with Crippen LogP contribution in [-0.2, 0) is 0 Å². The number of nitrogens with one attached hydrogen (secondary N) is 1. The van der Waals surface area contributed by atoms with Crippen molar-refractivity contribution in [1.29, 1.82) is 0 Å². The third-order valence-corrected chi connectivity index (χ3v) is 2.89. The molecule has 1 aromatic rings. The van der Waals surface area contributed by atoms with Crippen molar-refractivity contribution in [1.82, 2.24) is 4.98 Å². The summed E-state index contributed by atoms with van der Waals surface area (Å²) in [7, 11) is 0. The van der Waals surface area contributed by atoms with Crippen LogP contribution in [-0.4, -0.2) is 22.7 Å². The maximum atomic E-state index is 9.93. The fourth-order valence-corrected chi connectivity index (χ4v) is 1.78. The molecule has 0 aromatic carbocycles. The highest BCUT2D eigenvalue weighted by Crippen LogP contribution is 2.15. The Hall–Kier alpha value is -1.29. The summed E-state index contributed by atoms with van der Waals surface area (Å²) < 4.78 is 0. The van der Waals surface area contributed by atoms with E-state index in [1.807, 2.05) is 6.07 Å². The molecule has 4 nitrogen and oxygen atoms in total. The van der Waals surface area contributed by atoms with Crippen LogP contribution in [0.25, 0.3) is 0 Å². The van der Waals surface area contributed by atoms with E-state index in [4.69, 9.17) is 5.73 Å². The van der Waals surface area contributed by atoms with Gasteiger partial charge in [0.1, 0.15) is 5.82 Å². The average molecular weight is 223 g/mol. The minimum Gasteiger partial charge on any atom is -0.391 e. The monoisotopic (exact) mass is 223 g/mol. The molecular weight excluding hydrogens is 202 g/mol. The second-order valence-electron chi connectivity index (χ2n) is 3.99. The van der Waals surface area contributed by atoms with Gasteiger partial charge in [0.2, 0.25) is 0 Å². The Morgan fingerprint density at radius 1 is 1.44 bits per heavy atom. The Labute approximate surface area is 96.9 Å². The van der Waals surface area contributed by atoms with Gasteiger partial charge in [0.05, 0.1) is 6.10 Å². The van der Waals surface area contributed by atoms with Crippen molar-refractivity contribution in [3.05, 3.63) is 18.3 Å². The molecule has 16 heavy (non-hydrogen) atoms. The van der Waals surface area contributed by atoms with Gasteiger partial charge in [-0.1, -0.05) is 26.7 Å². The molecule has 1 aromatic heterocycles. The Balaban J connectivity index is 2.45. The van der Waals surface area contributed by atoms with E-state index in [9.17, 15) is 5.11 Å². The molecule has 0 aliphatic carbocycles. The second kappa shape index (κ2) is 6.33. The number of aliphatic hydroxyl groups excluding tert-OH is 1. The van der Waals surface area contributed by atoms with E-state index in [0.29, 0.717) is 18.3 Å². The lowest BCUT2D eigenvalue weighted by molar-refractivity contribution is 0.114. The molecule has 4 heteroatoms. The van der Waals surface area contributed by atoms with Gasteiger partial charge in [-0.05, 0) is 12.0 Å². The lowest BCUT2D eigenvalue weighted by Crippen LogP contribution is -2.27. The van der Waals surface area contributed by atoms with Crippen molar-refractivity contribution >= 4 is 11.5 Å². The van der Waals surface area contributed by atoms with Crippen molar-refractivity contribution in [2.45, 2.75) is 32.8 Å². The summed E-state index contributed by atoms with van der Waals surface area (Å²) in [5, 5.41) is 13.1. The zero-order chi connectivity index (χ0) is 12.0. The van der Waals surface area contributed by atoms with E-state index in [0.717, 1.165) is 18.5 Å². The predicted octanol–water partition coefficient (Wildman–Crippen LogP) is 1.87. The first kappa shape index (κ1) is 12.8. The summed E-state index contributed by atoms with van der Waals surface area (Å²) >= 11 is 0. The van der Waals surface area contributed by atoms with Gasteiger partial charge >= 0.3 is 0 Å². The number of rotatable bonds is 6. The number of aromatic nitrogens is 1. The Bertz CT molecular complexity index is 313. The summed E-state index contributed by atoms with van der Waals surface area (Å²) in [5.41, 5.74) is 6.46. The predicted molar refractivity (Wildman–Crippen MR) is 67.2 cm³/mol. The van der Waals surface area contributed by atoms with Crippen LogP contribution in [0, 0.1) is 5.92 Å². The van der Waals surface area contributed by atoms with Gasteiger partial charge < -0.3 is 16.2 Å². The first-order valence-electron chi connectivity index (χ1n) is 5.80. The summed E-state index contributed by atoms with van der Waals surface area (Å²) in [6, 6.07) is 3.61. The van der Waals surface area contributed by atoms with Crippen LogP contribution < -0.4 is 11.1 Å². The Morgan fingerprint density at radius 3 is 2.69 bits per heavy atom. The molecule has 1 rings (SSSR count). The molecular formula is C12H21N3O. The van der Waals surface area contributed by atoms with Gasteiger partial charge in [0.25, 0.3) is 0 Å². The molecule has 1 unspecified atom stereocenters. The van der Waals surface area contributed by atoms with Gasteiger partial charge in [-0.15, -0.1) is 0 Å². The molecule has 1 heterocycles. The summed E-state index contributed by atoms with van der Waals surface area (Å²) in [5.74, 6) is 0.841. The van der Waals surface area contributed by atoms with Crippen molar-refractivity contribution in [2.75, 3.05) is 17.6 Å². The minimum absolute atomic E-state index is 0.315. The molecule has 0 saturated heterocycles. The number of pyridine rings is 1. The maximum absolute atomic E-state index is 9.93. The van der Waals surface area contributed by atoms with Crippen molar-refractivity contribution in [2.24, 2.45) is 5.92 Å². The molecule has 0 aliphatic heterocycles. The quantitative estimate of drug-likeness (QED) is 0.688. The fraction of sp³-hybridized carbons (Fsp3) is 0.583. The molecule has 4 N–H and O–H groups in total. The van der Waals surface area contributed by atoms with E-state index in [1.165, 1.54) is 0 Å². The normalized spacial score (nSPS) is 12.8. The van der Waals surface area contributed by atoms with Gasteiger partial charge in [-0.25, -0.2) is 4.98 Å². The molecule has 0 fully saturated rings. The summed E-state index contributed by atoms with van der Waals surface area (Å²) in [4.78, 5) is 3.91. The molecule has 0 saturated carbocycles. The minimum atomic E-state index is -0.315. The van der Waals surface area contributed by atoms with Gasteiger partial charge in [-0.3, -0.25) is 0 Å². The van der Waals surface area contributed by atoms with Crippen LogP contribution in [0.1, 0.15) is 26.7 Å². The van der Waals surface area contributed by atoms with Gasteiger partial charge in [0, 0.05) is 24.5 Å². The lowest BCUT2D eigenvalue weighted by atomic mass is 9.96. The molecule has 1 atom stereocenters. The third kappa shape index (κ3) is 3.70. The zero-order valence-electron chi connectivity index (χ0n) is 9.98. The third-order valence-electron chi connectivity index (χ3n) is 2.89. The molecule has 90 valence electrons. The van der Waals surface area contributed by atoms with Crippen LogP contribution in [0.5, 0.6) is 0 Å². The van der Waals surface area contributed by atoms with Crippen molar-refractivity contribution < 1.29 is 5.11 Å². The van der Waals surface area contributed by atoms with Crippen LogP contribution in [0.2, 0.25) is 0 Å². The second-order valence-corrected chi connectivity index (χ2v) is 3.99. The summed E-state index contributed by atoms with van der Waals surface area (Å²) in [6.07, 6.45) is 3.33. The number of nitrogen functional groups attached to an aromatic ring is 1. The topological polar surface area (TPSA) is 71.2 Å². The maximum Gasteiger partial charge on any atom is 0.125 e. The average Bonchev–Trinajstić information content (AvgIpc) is 2.28. The summed E-state index contributed by atoms with van der Waals surface area (Å²) in [6.45, 7) is 4.75. The van der Waals surface area contributed by atoms with E-state index in [2.05, 4.69) is 24.1 Å². The van der Waals surface area contributed by atoms with E-state index in [-0.39, 0.29) is 6.10 Å². The first-order valence-corrected chi connectivity index (χ1v) is 5.80. The van der Waals surface area contributed by atoms with Crippen molar-refractivity contribution in [3.8, 4) is 0 Å².